The van der Waals surface area contributed by atoms with E-state index in [0.717, 1.165) is 30.0 Å². The highest BCUT2D eigenvalue weighted by molar-refractivity contribution is 6.30. The Morgan fingerprint density at radius 3 is 2.89 bits per heavy atom. The van der Waals surface area contributed by atoms with Gasteiger partial charge in [-0.2, -0.15) is 0 Å². The van der Waals surface area contributed by atoms with Gasteiger partial charge in [0.15, 0.2) is 6.04 Å². The minimum absolute atomic E-state index is 0.0374. The molecule has 0 aromatic heterocycles. The molecule has 2 N–H and O–H groups in total. The summed E-state index contributed by atoms with van der Waals surface area (Å²) < 4.78 is 0. The van der Waals surface area contributed by atoms with E-state index in [1.807, 2.05) is 38.2 Å². The van der Waals surface area contributed by atoms with E-state index in [9.17, 15) is 4.79 Å². The second-order valence-electron chi connectivity index (χ2n) is 5.16. The summed E-state index contributed by atoms with van der Waals surface area (Å²) in [5, 5.41) is 3.79. The standard InChI is InChI=1S/C14H19ClN2O/c1-10(14(18)16-13-6-7-13)17(2)9-11-4-3-5-12(15)8-11/h3-5,8,10,13H,6-7,9H2,1-2H3,(H,16,18)/p+1/t10-/m1/s1. The summed E-state index contributed by atoms with van der Waals surface area (Å²) in [4.78, 5) is 13.1. The summed E-state index contributed by atoms with van der Waals surface area (Å²) in [7, 11) is 2.04. The summed E-state index contributed by atoms with van der Waals surface area (Å²) >= 11 is 5.96. The third kappa shape index (κ3) is 3.72. The van der Waals surface area contributed by atoms with Crippen molar-refractivity contribution in [3.63, 3.8) is 0 Å². The predicted molar refractivity (Wildman–Crippen MR) is 72.7 cm³/mol. The second-order valence-corrected chi connectivity index (χ2v) is 5.59. The molecule has 4 heteroatoms. The molecule has 1 aliphatic carbocycles. The Labute approximate surface area is 113 Å². The summed E-state index contributed by atoms with van der Waals surface area (Å²) in [6.45, 7) is 2.78. The van der Waals surface area contributed by atoms with Gasteiger partial charge in [-0.1, -0.05) is 23.7 Å². The van der Waals surface area contributed by atoms with Crippen LogP contribution in [0.2, 0.25) is 5.02 Å². The van der Waals surface area contributed by atoms with Crippen molar-refractivity contribution in [2.75, 3.05) is 7.05 Å². The Bertz CT molecular complexity index is 432. The van der Waals surface area contributed by atoms with Crippen molar-refractivity contribution in [2.45, 2.75) is 38.4 Å². The van der Waals surface area contributed by atoms with E-state index in [-0.39, 0.29) is 11.9 Å². The Morgan fingerprint density at radius 2 is 2.28 bits per heavy atom. The van der Waals surface area contributed by atoms with E-state index in [2.05, 4.69) is 5.32 Å². The number of carbonyl (C=O) groups is 1. The first-order valence-electron chi connectivity index (χ1n) is 6.43. The van der Waals surface area contributed by atoms with Gasteiger partial charge in [0.05, 0.1) is 7.05 Å². The third-order valence-corrected chi connectivity index (χ3v) is 3.66. The fourth-order valence-electron chi connectivity index (χ4n) is 1.90. The molecule has 1 fully saturated rings. The molecule has 1 aliphatic rings. The van der Waals surface area contributed by atoms with Gasteiger partial charge in [0.25, 0.3) is 5.91 Å². The SMILES string of the molecule is C[C@H](C(=O)NC1CC1)[NH+](C)Cc1cccc(Cl)c1. The van der Waals surface area contributed by atoms with E-state index in [0.29, 0.717) is 6.04 Å². The zero-order valence-corrected chi connectivity index (χ0v) is 11.6. The lowest BCUT2D eigenvalue weighted by Crippen LogP contribution is -3.12. The largest absolute Gasteiger partial charge is 0.348 e. The molecule has 3 nitrogen and oxygen atoms in total. The van der Waals surface area contributed by atoms with Gasteiger partial charge >= 0.3 is 0 Å². The molecule has 1 aromatic rings. The normalized spacial score (nSPS) is 18.2. The first-order chi connectivity index (χ1) is 8.56. The number of nitrogens with one attached hydrogen (secondary N) is 2. The Balaban J connectivity index is 1.89. The smallest absolute Gasteiger partial charge is 0.278 e. The molecule has 0 aliphatic heterocycles. The van der Waals surface area contributed by atoms with Crippen LogP contribution in [0.15, 0.2) is 24.3 Å². The van der Waals surface area contributed by atoms with Gasteiger partial charge in [-0.15, -0.1) is 0 Å². The molecule has 1 amide bonds. The molecule has 2 rings (SSSR count). The van der Waals surface area contributed by atoms with Crippen molar-refractivity contribution in [3.05, 3.63) is 34.9 Å². The summed E-state index contributed by atoms with van der Waals surface area (Å²) in [6.07, 6.45) is 2.26. The lowest BCUT2D eigenvalue weighted by Gasteiger charge is -2.21. The van der Waals surface area contributed by atoms with Crippen molar-refractivity contribution < 1.29 is 9.69 Å². The average Bonchev–Trinajstić information content (AvgIpc) is 3.11. The van der Waals surface area contributed by atoms with Gasteiger partial charge in [0, 0.05) is 16.6 Å². The van der Waals surface area contributed by atoms with Gasteiger partial charge in [-0.3, -0.25) is 4.79 Å². The summed E-state index contributed by atoms with van der Waals surface area (Å²) in [5.74, 6) is 0.150. The van der Waals surface area contributed by atoms with Crippen LogP contribution in [-0.2, 0) is 11.3 Å². The van der Waals surface area contributed by atoms with Crippen molar-refractivity contribution in [2.24, 2.45) is 0 Å². The van der Waals surface area contributed by atoms with Crippen LogP contribution < -0.4 is 10.2 Å². The third-order valence-electron chi connectivity index (χ3n) is 3.43. The van der Waals surface area contributed by atoms with Crippen LogP contribution in [0, 0.1) is 0 Å². The minimum Gasteiger partial charge on any atom is -0.348 e. The van der Waals surface area contributed by atoms with Crippen LogP contribution >= 0.6 is 11.6 Å². The maximum Gasteiger partial charge on any atom is 0.278 e. The Morgan fingerprint density at radius 1 is 1.56 bits per heavy atom. The lowest BCUT2D eigenvalue weighted by molar-refractivity contribution is -0.908. The zero-order chi connectivity index (χ0) is 13.1. The average molecular weight is 268 g/mol. The van der Waals surface area contributed by atoms with Gasteiger partial charge in [-0.05, 0) is 31.9 Å². The molecule has 98 valence electrons. The zero-order valence-electron chi connectivity index (χ0n) is 10.9. The number of benzene rings is 1. The highest BCUT2D eigenvalue weighted by Crippen LogP contribution is 2.18. The number of hydrogen-bond donors (Lipinski definition) is 2. The highest BCUT2D eigenvalue weighted by Gasteiger charge is 2.29. The van der Waals surface area contributed by atoms with Crippen LogP contribution in [0.1, 0.15) is 25.3 Å². The number of hydrogen-bond acceptors (Lipinski definition) is 1. The summed E-state index contributed by atoms with van der Waals surface area (Å²) in [5.41, 5.74) is 1.16. The van der Waals surface area contributed by atoms with Gasteiger partial charge in [0.1, 0.15) is 6.54 Å². The van der Waals surface area contributed by atoms with E-state index in [1.54, 1.807) is 0 Å². The lowest BCUT2D eigenvalue weighted by atomic mass is 10.2. The Kier molecular flexibility index (Phi) is 4.25. The number of carbonyl (C=O) groups excluding carboxylic acids is 1. The van der Waals surface area contributed by atoms with Crippen molar-refractivity contribution >= 4 is 17.5 Å². The van der Waals surface area contributed by atoms with E-state index in [4.69, 9.17) is 11.6 Å². The minimum atomic E-state index is -0.0374. The molecule has 0 spiro atoms. The molecule has 18 heavy (non-hydrogen) atoms. The van der Waals surface area contributed by atoms with Gasteiger partial charge < -0.3 is 10.2 Å². The van der Waals surface area contributed by atoms with E-state index >= 15 is 0 Å². The second kappa shape index (κ2) is 5.72. The van der Waals surface area contributed by atoms with E-state index in [1.165, 1.54) is 4.90 Å². The quantitative estimate of drug-likeness (QED) is 0.821. The van der Waals surface area contributed by atoms with Crippen molar-refractivity contribution in [1.82, 2.24) is 5.32 Å². The molecular formula is C14H20ClN2O+. The first-order valence-corrected chi connectivity index (χ1v) is 6.81. The molecule has 1 aromatic carbocycles. The number of rotatable bonds is 5. The molecule has 0 saturated heterocycles. The predicted octanol–water partition coefficient (Wildman–Crippen LogP) is 1.02. The monoisotopic (exact) mass is 267 g/mol. The fraction of sp³-hybridized carbons (Fsp3) is 0.500. The number of likely N-dealkylation sites (N-methyl/N-ethyl adjacent to an activating group) is 1. The van der Waals surface area contributed by atoms with Crippen LogP contribution in [0.5, 0.6) is 0 Å². The molecule has 1 saturated carbocycles. The molecule has 0 radical (unpaired) electrons. The molecule has 1 unspecified atom stereocenters. The van der Waals surface area contributed by atoms with Crippen molar-refractivity contribution in [3.8, 4) is 0 Å². The van der Waals surface area contributed by atoms with Crippen LogP contribution in [0.3, 0.4) is 0 Å². The molecule has 0 heterocycles. The van der Waals surface area contributed by atoms with Gasteiger partial charge in [-0.25, -0.2) is 0 Å². The fourth-order valence-corrected chi connectivity index (χ4v) is 2.11. The van der Waals surface area contributed by atoms with Crippen molar-refractivity contribution in [1.29, 1.82) is 0 Å². The van der Waals surface area contributed by atoms with Crippen LogP contribution in [0.25, 0.3) is 0 Å². The number of quaternary nitrogens is 1. The highest BCUT2D eigenvalue weighted by atomic mass is 35.5. The summed E-state index contributed by atoms with van der Waals surface area (Å²) in [6, 6.07) is 8.20. The maximum atomic E-state index is 11.9. The topological polar surface area (TPSA) is 33.5 Å². The van der Waals surface area contributed by atoms with Crippen LogP contribution in [-0.4, -0.2) is 25.0 Å². The molecule has 0 bridgehead atoms. The van der Waals surface area contributed by atoms with E-state index < -0.39 is 0 Å². The molecule has 2 atom stereocenters. The maximum absolute atomic E-state index is 11.9. The Hall–Kier alpha value is -1.06. The molecular weight excluding hydrogens is 248 g/mol. The number of halogens is 1. The van der Waals surface area contributed by atoms with Crippen LogP contribution in [0.4, 0.5) is 0 Å². The first kappa shape index (κ1) is 13.4. The van der Waals surface area contributed by atoms with Gasteiger partial charge in [0.2, 0.25) is 0 Å². The number of amides is 1.